The van der Waals surface area contributed by atoms with Crippen LogP contribution in [0.15, 0.2) is 52.0 Å². The van der Waals surface area contributed by atoms with Gasteiger partial charge in [-0.15, -0.1) is 5.10 Å². The number of rotatable bonds is 4. The minimum atomic E-state index is -0.678. The van der Waals surface area contributed by atoms with Gasteiger partial charge in [0.05, 0.1) is 5.02 Å². The third-order valence-corrected chi connectivity index (χ3v) is 4.47. The number of amides is 1. The molecule has 2 aromatic carbocycles. The van der Waals surface area contributed by atoms with Gasteiger partial charge in [0.25, 0.3) is 0 Å². The summed E-state index contributed by atoms with van der Waals surface area (Å²) in [5.74, 6) is 0.566. The summed E-state index contributed by atoms with van der Waals surface area (Å²) in [4.78, 5) is 11.8. The largest absolute Gasteiger partial charge is 0.486 e. The molecule has 0 aliphatic carbocycles. The highest BCUT2D eigenvalue weighted by Gasteiger charge is 2.32. The van der Waals surface area contributed by atoms with Gasteiger partial charge in [-0.1, -0.05) is 39.1 Å². The van der Waals surface area contributed by atoms with Crippen LogP contribution >= 0.6 is 39.1 Å². The Bertz CT molecular complexity index is 827. The van der Waals surface area contributed by atoms with Crippen molar-refractivity contribution in [2.75, 3.05) is 6.61 Å². The van der Waals surface area contributed by atoms with Gasteiger partial charge in [0.1, 0.15) is 12.4 Å². The maximum atomic E-state index is 11.8. The first-order chi connectivity index (χ1) is 11.9. The minimum absolute atomic E-state index is 0.0739. The van der Waals surface area contributed by atoms with E-state index in [9.17, 15) is 4.79 Å². The number of nitrogens with zero attached hydrogens (tertiary/aromatic N) is 2. The minimum Gasteiger partial charge on any atom is -0.486 e. The average Bonchev–Trinajstić information content (AvgIpc) is 2.99. The monoisotopic (exact) mass is 442 g/mol. The lowest BCUT2D eigenvalue weighted by Crippen LogP contribution is -2.36. The molecule has 1 amide bonds. The molecular formula is C17H13BrCl2N2O3. The molecule has 1 heterocycles. The second-order valence-electron chi connectivity index (χ2n) is 5.23. The Balaban J connectivity index is 1.73. The van der Waals surface area contributed by atoms with Crippen molar-refractivity contribution in [2.45, 2.75) is 13.2 Å². The number of halogens is 3. The summed E-state index contributed by atoms with van der Waals surface area (Å²) >= 11 is 15.3. The maximum Gasteiger partial charge on any atom is 0.243 e. The number of ether oxygens (including phenoxy) is 2. The van der Waals surface area contributed by atoms with Gasteiger partial charge in [-0.05, 0) is 42.5 Å². The number of hydrazone groups is 1. The Morgan fingerprint density at radius 2 is 2.00 bits per heavy atom. The van der Waals surface area contributed by atoms with E-state index in [1.54, 1.807) is 18.2 Å². The van der Waals surface area contributed by atoms with Gasteiger partial charge in [-0.2, -0.15) is 5.01 Å². The average molecular weight is 444 g/mol. The number of hydrogen-bond donors (Lipinski definition) is 0. The van der Waals surface area contributed by atoms with Gasteiger partial charge in [-0.25, -0.2) is 0 Å². The van der Waals surface area contributed by atoms with Crippen LogP contribution in [-0.4, -0.2) is 29.6 Å². The highest BCUT2D eigenvalue weighted by Crippen LogP contribution is 2.28. The Hall–Kier alpha value is -1.76. The fourth-order valence-electron chi connectivity index (χ4n) is 2.21. The first-order valence-corrected chi connectivity index (χ1v) is 8.88. The zero-order valence-electron chi connectivity index (χ0n) is 13.1. The van der Waals surface area contributed by atoms with Gasteiger partial charge in [-0.3, -0.25) is 4.79 Å². The number of benzene rings is 2. The van der Waals surface area contributed by atoms with Crippen LogP contribution in [0.1, 0.15) is 12.5 Å². The van der Waals surface area contributed by atoms with Crippen LogP contribution in [0.3, 0.4) is 0 Å². The van der Waals surface area contributed by atoms with Crippen LogP contribution in [-0.2, 0) is 9.53 Å². The second kappa shape index (κ2) is 7.64. The lowest BCUT2D eigenvalue weighted by molar-refractivity contribution is -0.136. The van der Waals surface area contributed by atoms with E-state index in [1.807, 2.05) is 24.3 Å². The molecule has 0 unspecified atom stereocenters. The molecule has 3 rings (SSSR count). The predicted octanol–water partition coefficient (Wildman–Crippen LogP) is 4.70. The van der Waals surface area contributed by atoms with Crippen molar-refractivity contribution in [3.05, 3.63) is 62.5 Å². The topological polar surface area (TPSA) is 51.1 Å². The molecule has 0 fully saturated rings. The number of carbonyl (C=O) groups excluding carboxylic acids is 1. The first-order valence-electron chi connectivity index (χ1n) is 7.33. The first kappa shape index (κ1) is 18.0. The van der Waals surface area contributed by atoms with Gasteiger partial charge < -0.3 is 9.47 Å². The van der Waals surface area contributed by atoms with Crippen molar-refractivity contribution in [1.29, 1.82) is 0 Å². The van der Waals surface area contributed by atoms with E-state index >= 15 is 0 Å². The van der Waals surface area contributed by atoms with E-state index in [4.69, 9.17) is 32.7 Å². The summed E-state index contributed by atoms with van der Waals surface area (Å²) < 4.78 is 12.4. The fraction of sp³-hybridized carbons (Fsp3) is 0.176. The predicted molar refractivity (Wildman–Crippen MR) is 100 cm³/mol. The van der Waals surface area contributed by atoms with E-state index in [1.165, 1.54) is 11.9 Å². The van der Waals surface area contributed by atoms with Crippen LogP contribution in [0, 0.1) is 0 Å². The van der Waals surface area contributed by atoms with Crippen molar-refractivity contribution in [2.24, 2.45) is 5.10 Å². The van der Waals surface area contributed by atoms with Crippen LogP contribution in [0.4, 0.5) is 0 Å². The van der Waals surface area contributed by atoms with Gasteiger partial charge >= 0.3 is 0 Å². The lowest BCUT2D eigenvalue weighted by Gasteiger charge is -2.19. The van der Waals surface area contributed by atoms with E-state index in [2.05, 4.69) is 21.0 Å². The van der Waals surface area contributed by atoms with Crippen LogP contribution in [0.25, 0.3) is 0 Å². The lowest BCUT2D eigenvalue weighted by atomic mass is 10.2. The Kier molecular flexibility index (Phi) is 5.51. The molecule has 8 heteroatoms. The molecule has 25 heavy (non-hydrogen) atoms. The second-order valence-corrected chi connectivity index (χ2v) is 6.99. The zero-order valence-corrected chi connectivity index (χ0v) is 16.2. The van der Waals surface area contributed by atoms with Gasteiger partial charge in [0.2, 0.25) is 18.0 Å². The molecule has 5 nitrogen and oxygen atoms in total. The smallest absolute Gasteiger partial charge is 0.243 e. The highest BCUT2D eigenvalue weighted by atomic mass is 79.9. The molecule has 0 saturated carbocycles. The summed E-state index contributed by atoms with van der Waals surface area (Å²) in [7, 11) is 0. The summed E-state index contributed by atoms with van der Waals surface area (Å²) in [6, 6.07) is 12.4. The molecular weight excluding hydrogens is 431 g/mol. The molecule has 130 valence electrons. The van der Waals surface area contributed by atoms with Gasteiger partial charge in [0, 0.05) is 22.0 Å². The summed E-state index contributed by atoms with van der Waals surface area (Å²) in [5, 5.41) is 6.40. The molecule has 1 atom stereocenters. The van der Waals surface area contributed by atoms with Crippen LogP contribution in [0.2, 0.25) is 10.0 Å². The van der Waals surface area contributed by atoms with E-state index in [-0.39, 0.29) is 12.5 Å². The summed E-state index contributed by atoms with van der Waals surface area (Å²) in [6.45, 7) is 1.49. The normalized spacial score (nSPS) is 16.4. The van der Waals surface area contributed by atoms with E-state index in [0.717, 1.165) is 10.0 Å². The SMILES string of the molecule is CC(=O)N1N=C(c2ccc(Br)cc2)O[C@H]1COc1ccc(Cl)cc1Cl. The molecule has 0 radical (unpaired) electrons. The molecule has 1 aliphatic heterocycles. The standard InChI is InChI=1S/C17H13BrCl2N2O3/c1-10(23)22-16(9-24-15-7-6-13(19)8-14(15)20)25-17(21-22)11-2-4-12(18)5-3-11/h2-8,16H,9H2,1H3/t16-/m0/s1. The summed E-state index contributed by atoms with van der Waals surface area (Å²) in [6.07, 6.45) is -0.678. The van der Waals surface area contributed by atoms with E-state index in [0.29, 0.717) is 21.7 Å². The van der Waals surface area contributed by atoms with E-state index < -0.39 is 6.23 Å². The van der Waals surface area contributed by atoms with Crippen molar-refractivity contribution < 1.29 is 14.3 Å². The van der Waals surface area contributed by atoms with Crippen molar-refractivity contribution >= 4 is 50.9 Å². The molecule has 0 saturated heterocycles. The zero-order chi connectivity index (χ0) is 18.0. The molecule has 1 aliphatic rings. The highest BCUT2D eigenvalue weighted by molar-refractivity contribution is 9.10. The quantitative estimate of drug-likeness (QED) is 0.687. The molecule has 0 N–H and O–H groups in total. The van der Waals surface area contributed by atoms with Gasteiger partial charge in [0.15, 0.2) is 0 Å². The molecule has 2 aromatic rings. The molecule has 0 aromatic heterocycles. The number of carbonyl (C=O) groups is 1. The number of hydrogen-bond acceptors (Lipinski definition) is 4. The molecule has 0 bridgehead atoms. The van der Waals surface area contributed by atoms with Crippen molar-refractivity contribution in [3.63, 3.8) is 0 Å². The Morgan fingerprint density at radius 3 is 2.64 bits per heavy atom. The molecule has 0 spiro atoms. The Morgan fingerprint density at radius 1 is 1.28 bits per heavy atom. The third-order valence-electron chi connectivity index (χ3n) is 3.41. The summed E-state index contributed by atoms with van der Waals surface area (Å²) in [5.41, 5.74) is 0.765. The van der Waals surface area contributed by atoms with Crippen LogP contribution in [0.5, 0.6) is 5.75 Å². The Labute approximate surface area is 163 Å². The van der Waals surface area contributed by atoms with Crippen molar-refractivity contribution in [3.8, 4) is 5.75 Å². The van der Waals surface area contributed by atoms with Crippen LogP contribution < -0.4 is 4.74 Å². The van der Waals surface area contributed by atoms with Crippen molar-refractivity contribution in [1.82, 2.24) is 5.01 Å². The third kappa shape index (κ3) is 4.26. The maximum absolute atomic E-state index is 11.8. The fourth-order valence-corrected chi connectivity index (χ4v) is 2.94.